The lowest BCUT2D eigenvalue weighted by Gasteiger charge is -2.60. The summed E-state index contributed by atoms with van der Waals surface area (Å²) in [5.74, 6) is 3.76. The minimum Gasteiger partial charge on any atom is -0.0651 e. The fourth-order valence-corrected chi connectivity index (χ4v) is 5.52. The summed E-state index contributed by atoms with van der Waals surface area (Å²) in [4.78, 5) is 0. The van der Waals surface area contributed by atoms with Crippen LogP contribution in [0.5, 0.6) is 0 Å². The average Bonchev–Trinajstić information content (AvgIpc) is 2.43. The molecule has 118 valence electrons. The molecule has 2 saturated carbocycles. The molecule has 2 rings (SSSR count). The fraction of sp³-hybridized carbons (Fsp3) is 1.00. The highest BCUT2D eigenvalue weighted by atomic mass is 14.6. The predicted octanol–water partition coefficient (Wildman–Crippen LogP) is 6.69. The van der Waals surface area contributed by atoms with Crippen molar-refractivity contribution in [1.82, 2.24) is 0 Å². The highest BCUT2D eigenvalue weighted by Gasteiger charge is 2.54. The first-order valence-corrected chi connectivity index (χ1v) is 9.34. The molecule has 2 fully saturated rings. The second kappa shape index (κ2) is 6.01. The van der Waals surface area contributed by atoms with Crippen molar-refractivity contribution in [2.24, 2.45) is 34.5 Å². The Morgan fingerprint density at radius 1 is 1.05 bits per heavy atom. The van der Waals surface area contributed by atoms with Gasteiger partial charge in [-0.3, -0.25) is 0 Å². The lowest BCUT2D eigenvalue weighted by atomic mass is 9.45. The maximum Gasteiger partial charge on any atom is -0.0266 e. The summed E-state index contributed by atoms with van der Waals surface area (Å²) in [6, 6.07) is 0. The van der Waals surface area contributed by atoms with E-state index >= 15 is 0 Å². The van der Waals surface area contributed by atoms with Gasteiger partial charge in [-0.05, 0) is 60.2 Å². The van der Waals surface area contributed by atoms with E-state index in [1.807, 2.05) is 0 Å². The Labute approximate surface area is 128 Å². The maximum absolute atomic E-state index is 2.65. The minimum absolute atomic E-state index is 0.602. The normalized spacial score (nSPS) is 46.8. The van der Waals surface area contributed by atoms with E-state index in [0.29, 0.717) is 10.8 Å². The van der Waals surface area contributed by atoms with Gasteiger partial charge in [-0.1, -0.05) is 67.2 Å². The summed E-state index contributed by atoms with van der Waals surface area (Å²) in [5, 5.41) is 0. The minimum atomic E-state index is 0.602. The van der Waals surface area contributed by atoms with Crippen molar-refractivity contribution >= 4 is 0 Å². The van der Waals surface area contributed by atoms with Crippen LogP contribution in [0.2, 0.25) is 0 Å². The summed E-state index contributed by atoms with van der Waals surface area (Å²) in [5.41, 5.74) is 1.24. The van der Waals surface area contributed by atoms with Crippen LogP contribution in [-0.2, 0) is 0 Å². The molecular formula is C20H38. The highest BCUT2D eigenvalue weighted by Crippen LogP contribution is 2.63. The molecule has 0 saturated heterocycles. The van der Waals surface area contributed by atoms with Crippen molar-refractivity contribution in [2.75, 3.05) is 0 Å². The van der Waals surface area contributed by atoms with Crippen LogP contribution >= 0.6 is 0 Å². The first-order valence-electron chi connectivity index (χ1n) is 9.34. The summed E-state index contributed by atoms with van der Waals surface area (Å²) < 4.78 is 0. The molecule has 0 N–H and O–H groups in total. The Balaban J connectivity index is 2.19. The molecule has 0 spiro atoms. The van der Waals surface area contributed by atoms with Crippen LogP contribution in [0, 0.1) is 34.5 Å². The number of hydrogen-bond donors (Lipinski definition) is 0. The van der Waals surface area contributed by atoms with E-state index < -0.39 is 0 Å². The summed E-state index contributed by atoms with van der Waals surface area (Å²) in [7, 11) is 0. The van der Waals surface area contributed by atoms with Gasteiger partial charge in [-0.15, -0.1) is 0 Å². The van der Waals surface area contributed by atoms with Crippen LogP contribution in [0.4, 0.5) is 0 Å². The molecule has 0 aromatic rings. The smallest absolute Gasteiger partial charge is 0.0266 e. The predicted molar refractivity (Wildman–Crippen MR) is 89.8 cm³/mol. The maximum atomic E-state index is 2.65. The molecule has 20 heavy (non-hydrogen) atoms. The summed E-state index contributed by atoms with van der Waals surface area (Å²) >= 11 is 0. The lowest BCUT2D eigenvalue weighted by molar-refractivity contribution is -0.110. The molecule has 0 amide bonds. The molecule has 0 aromatic heterocycles. The fourth-order valence-electron chi connectivity index (χ4n) is 5.52. The number of rotatable bonds is 4. The van der Waals surface area contributed by atoms with Gasteiger partial charge in [0.25, 0.3) is 0 Å². The number of fused-ring (bicyclic) bond motifs is 1. The molecule has 1 unspecified atom stereocenters. The van der Waals surface area contributed by atoms with Gasteiger partial charge in [0.1, 0.15) is 0 Å². The van der Waals surface area contributed by atoms with Crippen LogP contribution in [0.1, 0.15) is 92.9 Å². The van der Waals surface area contributed by atoms with Gasteiger partial charge in [0, 0.05) is 0 Å². The topological polar surface area (TPSA) is 0 Å². The third-order valence-electron chi connectivity index (χ3n) is 7.96. The molecular weight excluding hydrogens is 240 g/mol. The van der Waals surface area contributed by atoms with Crippen molar-refractivity contribution in [1.29, 1.82) is 0 Å². The van der Waals surface area contributed by atoms with E-state index in [-0.39, 0.29) is 0 Å². The Hall–Kier alpha value is 0. The quantitative estimate of drug-likeness (QED) is 0.537. The monoisotopic (exact) mass is 278 g/mol. The zero-order chi connectivity index (χ0) is 15.0. The summed E-state index contributed by atoms with van der Waals surface area (Å²) in [6.07, 6.45) is 11.7. The molecule has 0 bridgehead atoms. The third kappa shape index (κ3) is 2.69. The van der Waals surface area contributed by atoms with Crippen LogP contribution in [0.25, 0.3) is 0 Å². The first kappa shape index (κ1) is 16.4. The molecule has 0 aliphatic heterocycles. The van der Waals surface area contributed by atoms with Gasteiger partial charge in [0.05, 0.1) is 0 Å². The third-order valence-corrected chi connectivity index (χ3v) is 7.96. The zero-order valence-corrected chi connectivity index (χ0v) is 15.0. The Kier molecular flexibility index (Phi) is 4.92. The molecule has 0 heteroatoms. The number of hydrogen-bond acceptors (Lipinski definition) is 0. The molecule has 2 aliphatic carbocycles. The van der Waals surface area contributed by atoms with E-state index in [0.717, 1.165) is 23.7 Å². The molecule has 0 aromatic carbocycles. The van der Waals surface area contributed by atoms with E-state index in [4.69, 9.17) is 0 Å². The van der Waals surface area contributed by atoms with Crippen molar-refractivity contribution in [3.8, 4) is 0 Å². The van der Waals surface area contributed by atoms with Crippen LogP contribution < -0.4 is 0 Å². The SMILES string of the molecule is CCC(C)CC[C@]1(C)[C@H]2CCC[C@H](C)[C@]2(C)CC[C@H]1C. The van der Waals surface area contributed by atoms with Crippen molar-refractivity contribution in [2.45, 2.75) is 92.9 Å². The Bertz CT molecular complexity index is 320. The largest absolute Gasteiger partial charge is 0.0651 e. The van der Waals surface area contributed by atoms with Crippen LogP contribution in [0.15, 0.2) is 0 Å². The van der Waals surface area contributed by atoms with Gasteiger partial charge >= 0.3 is 0 Å². The van der Waals surface area contributed by atoms with E-state index in [1.54, 1.807) is 0 Å². The molecule has 0 heterocycles. The van der Waals surface area contributed by atoms with Gasteiger partial charge in [0.2, 0.25) is 0 Å². The van der Waals surface area contributed by atoms with Crippen LogP contribution in [-0.4, -0.2) is 0 Å². The first-order chi connectivity index (χ1) is 9.34. The van der Waals surface area contributed by atoms with Crippen molar-refractivity contribution in [3.05, 3.63) is 0 Å². The van der Waals surface area contributed by atoms with Crippen molar-refractivity contribution < 1.29 is 0 Å². The highest BCUT2D eigenvalue weighted by molar-refractivity contribution is 5.03. The standard InChI is InChI=1S/C20H38/c1-7-15(2)11-13-19(5)17(4)12-14-20(6)16(3)9-8-10-18(19)20/h15-18H,7-14H2,1-6H3/t15?,16-,17+,18+,19-,20-/m0/s1. The van der Waals surface area contributed by atoms with Gasteiger partial charge in [-0.25, -0.2) is 0 Å². The van der Waals surface area contributed by atoms with Gasteiger partial charge in [-0.2, -0.15) is 0 Å². The lowest BCUT2D eigenvalue weighted by Crippen LogP contribution is -2.52. The molecule has 2 aliphatic rings. The summed E-state index contributed by atoms with van der Waals surface area (Å²) in [6.45, 7) is 15.2. The Morgan fingerprint density at radius 2 is 1.75 bits per heavy atom. The molecule has 6 atom stereocenters. The van der Waals surface area contributed by atoms with E-state index in [2.05, 4.69) is 41.5 Å². The van der Waals surface area contributed by atoms with Gasteiger partial charge in [0.15, 0.2) is 0 Å². The molecule has 0 nitrogen and oxygen atoms in total. The van der Waals surface area contributed by atoms with E-state index in [1.165, 1.54) is 51.4 Å². The molecule has 0 radical (unpaired) electrons. The van der Waals surface area contributed by atoms with Crippen molar-refractivity contribution in [3.63, 3.8) is 0 Å². The van der Waals surface area contributed by atoms with Gasteiger partial charge < -0.3 is 0 Å². The average molecular weight is 279 g/mol. The Morgan fingerprint density at radius 3 is 2.40 bits per heavy atom. The second-order valence-corrected chi connectivity index (χ2v) is 8.89. The zero-order valence-electron chi connectivity index (χ0n) is 15.0. The van der Waals surface area contributed by atoms with E-state index in [9.17, 15) is 0 Å². The van der Waals surface area contributed by atoms with Crippen LogP contribution in [0.3, 0.4) is 0 Å². The second-order valence-electron chi connectivity index (χ2n) is 8.89.